The Labute approximate surface area is 185 Å². The molecule has 0 radical (unpaired) electrons. The molecule has 168 valence electrons. The van der Waals surface area contributed by atoms with Crippen molar-refractivity contribution in [2.45, 2.75) is 19.3 Å². The van der Waals surface area contributed by atoms with Gasteiger partial charge in [-0.1, -0.05) is 18.2 Å². The molecule has 2 aromatic carbocycles. The average Bonchev–Trinajstić information content (AvgIpc) is 2.79. The maximum absolute atomic E-state index is 12.2. The van der Waals surface area contributed by atoms with E-state index in [9.17, 15) is 14.4 Å². The minimum Gasteiger partial charge on any atom is -0.494 e. The van der Waals surface area contributed by atoms with E-state index in [0.717, 1.165) is 5.75 Å². The van der Waals surface area contributed by atoms with Crippen LogP contribution in [-0.4, -0.2) is 38.7 Å². The van der Waals surface area contributed by atoms with E-state index in [1.54, 1.807) is 19.2 Å². The molecule has 0 saturated heterocycles. The van der Waals surface area contributed by atoms with Gasteiger partial charge in [-0.15, -0.1) is 0 Å². The van der Waals surface area contributed by atoms with Crippen molar-refractivity contribution in [1.82, 2.24) is 5.32 Å². The van der Waals surface area contributed by atoms with Crippen LogP contribution in [0.15, 0.2) is 63.8 Å². The van der Waals surface area contributed by atoms with E-state index < -0.39 is 17.5 Å². The summed E-state index contributed by atoms with van der Waals surface area (Å²) in [6, 6.07) is 15.5. The van der Waals surface area contributed by atoms with Crippen molar-refractivity contribution >= 4 is 22.8 Å². The Bertz CT molecular complexity index is 1110. The summed E-state index contributed by atoms with van der Waals surface area (Å²) in [7, 11) is 1.58. The van der Waals surface area contributed by atoms with Gasteiger partial charge in [-0.2, -0.15) is 0 Å². The summed E-state index contributed by atoms with van der Waals surface area (Å²) in [6.45, 7) is 1.28. The van der Waals surface area contributed by atoms with Crippen molar-refractivity contribution < 1.29 is 28.2 Å². The van der Waals surface area contributed by atoms with Crippen molar-refractivity contribution in [2.24, 2.45) is 0 Å². The standard InChI is InChI=1S/C24H25NO7/c1-29-13-6-12-25-23(27)20-15-17-10-11-19(16-21(17)32-24(20)28)31-22(26)9-5-14-30-18-7-3-2-4-8-18/h2-4,7-8,10-11,15-16H,5-6,9,12-14H2,1H3,(H,25,27). The molecular formula is C24H25NO7. The lowest BCUT2D eigenvalue weighted by atomic mass is 10.1. The molecule has 3 aromatic rings. The summed E-state index contributed by atoms with van der Waals surface area (Å²) in [5, 5.41) is 3.20. The molecule has 8 nitrogen and oxygen atoms in total. The summed E-state index contributed by atoms with van der Waals surface area (Å²) in [5.74, 6) is 0.0697. The zero-order valence-corrected chi connectivity index (χ0v) is 17.8. The third-order valence-electron chi connectivity index (χ3n) is 4.53. The summed E-state index contributed by atoms with van der Waals surface area (Å²) in [5.41, 5.74) is -0.620. The maximum Gasteiger partial charge on any atom is 0.349 e. The fraction of sp³-hybridized carbons (Fsp3) is 0.292. The highest BCUT2D eigenvalue weighted by atomic mass is 16.5. The van der Waals surface area contributed by atoms with Crippen molar-refractivity contribution in [3.63, 3.8) is 0 Å². The highest BCUT2D eigenvalue weighted by Crippen LogP contribution is 2.21. The lowest BCUT2D eigenvalue weighted by Gasteiger charge is -2.08. The number of hydrogen-bond acceptors (Lipinski definition) is 7. The summed E-state index contributed by atoms with van der Waals surface area (Å²) >= 11 is 0. The molecule has 1 aromatic heterocycles. The number of benzene rings is 2. The van der Waals surface area contributed by atoms with Gasteiger partial charge in [-0.3, -0.25) is 9.59 Å². The normalized spacial score (nSPS) is 10.7. The van der Waals surface area contributed by atoms with Gasteiger partial charge in [0.1, 0.15) is 22.6 Å². The smallest absolute Gasteiger partial charge is 0.349 e. The Morgan fingerprint density at radius 2 is 1.78 bits per heavy atom. The lowest BCUT2D eigenvalue weighted by molar-refractivity contribution is -0.134. The monoisotopic (exact) mass is 439 g/mol. The molecule has 0 aliphatic rings. The third-order valence-corrected chi connectivity index (χ3v) is 4.53. The van der Waals surface area contributed by atoms with Crippen LogP contribution in [-0.2, 0) is 9.53 Å². The van der Waals surface area contributed by atoms with Crippen molar-refractivity contribution in [3.05, 3.63) is 70.6 Å². The molecule has 1 N–H and O–H groups in total. The Morgan fingerprint density at radius 3 is 2.56 bits per heavy atom. The number of methoxy groups -OCH3 is 1. The molecule has 8 heteroatoms. The van der Waals surface area contributed by atoms with E-state index >= 15 is 0 Å². The van der Waals surface area contributed by atoms with Crippen molar-refractivity contribution in [3.8, 4) is 11.5 Å². The van der Waals surface area contributed by atoms with Crippen LogP contribution in [0.5, 0.6) is 11.5 Å². The summed E-state index contributed by atoms with van der Waals surface area (Å²) in [6.07, 6.45) is 1.31. The number of para-hydroxylation sites is 1. The largest absolute Gasteiger partial charge is 0.494 e. The SMILES string of the molecule is COCCCNC(=O)c1cc2ccc(OC(=O)CCCOc3ccccc3)cc2oc1=O. The number of carbonyl (C=O) groups excluding carboxylic acids is 2. The summed E-state index contributed by atoms with van der Waals surface area (Å²) < 4.78 is 21.0. The van der Waals surface area contributed by atoms with Crippen molar-refractivity contribution in [1.29, 1.82) is 0 Å². The molecule has 3 rings (SSSR count). The molecule has 0 spiro atoms. The number of esters is 1. The second-order valence-corrected chi connectivity index (χ2v) is 6.99. The van der Waals surface area contributed by atoms with Crippen LogP contribution >= 0.6 is 0 Å². The minimum atomic E-state index is -0.761. The number of hydrogen-bond donors (Lipinski definition) is 1. The first-order valence-corrected chi connectivity index (χ1v) is 10.3. The van der Waals surface area contributed by atoms with E-state index in [1.807, 2.05) is 30.3 Å². The number of nitrogens with one attached hydrogen (secondary N) is 1. The maximum atomic E-state index is 12.2. The molecule has 0 aliphatic heterocycles. The molecule has 1 heterocycles. The Balaban J connectivity index is 1.54. The Kier molecular flexibility index (Phi) is 8.39. The van der Waals surface area contributed by atoms with Gasteiger partial charge in [0.05, 0.1) is 6.61 Å². The molecule has 0 atom stereocenters. The van der Waals surface area contributed by atoms with Gasteiger partial charge >= 0.3 is 11.6 Å². The first-order chi connectivity index (χ1) is 15.6. The molecule has 0 fully saturated rings. The Hall–Kier alpha value is -3.65. The molecule has 0 saturated carbocycles. The predicted molar refractivity (Wildman–Crippen MR) is 118 cm³/mol. The number of amides is 1. The first-order valence-electron chi connectivity index (χ1n) is 10.3. The first kappa shape index (κ1) is 23.0. The third kappa shape index (κ3) is 6.68. The number of rotatable bonds is 11. The molecule has 0 aliphatic carbocycles. The van der Waals surface area contributed by atoms with E-state index in [2.05, 4.69) is 5.32 Å². The topological polar surface area (TPSA) is 104 Å². The van der Waals surface area contributed by atoms with Crippen LogP contribution in [0.1, 0.15) is 29.6 Å². The van der Waals surface area contributed by atoms with Crippen LogP contribution in [0.25, 0.3) is 11.0 Å². The minimum absolute atomic E-state index is 0.0851. The summed E-state index contributed by atoms with van der Waals surface area (Å²) in [4.78, 5) is 36.5. The fourth-order valence-electron chi connectivity index (χ4n) is 2.93. The second kappa shape index (κ2) is 11.7. The zero-order valence-electron chi connectivity index (χ0n) is 17.8. The average molecular weight is 439 g/mol. The Morgan fingerprint density at radius 1 is 0.969 bits per heavy atom. The highest BCUT2D eigenvalue weighted by molar-refractivity contribution is 5.96. The van der Waals surface area contributed by atoms with Crippen LogP contribution < -0.4 is 20.4 Å². The number of fused-ring (bicyclic) bond motifs is 1. The second-order valence-electron chi connectivity index (χ2n) is 6.99. The lowest BCUT2D eigenvalue weighted by Crippen LogP contribution is -2.29. The van der Waals surface area contributed by atoms with Gasteiger partial charge in [0.2, 0.25) is 0 Å². The van der Waals surface area contributed by atoms with Crippen LogP contribution in [0.3, 0.4) is 0 Å². The van der Waals surface area contributed by atoms with Crippen molar-refractivity contribution in [2.75, 3.05) is 26.9 Å². The zero-order chi connectivity index (χ0) is 22.8. The molecule has 0 bridgehead atoms. The quantitative estimate of drug-likeness (QED) is 0.211. The van der Waals surface area contributed by atoms with E-state index in [0.29, 0.717) is 38.0 Å². The van der Waals surface area contributed by atoms with Gasteiger partial charge in [-0.25, -0.2) is 4.79 Å². The highest BCUT2D eigenvalue weighted by Gasteiger charge is 2.14. The number of ether oxygens (including phenoxy) is 3. The van der Waals surface area contributed by atoms with E-state index in [4.69, 9.17) is 18.6 Å². The molecule has 32 heavy (non-hydrogen) atoms. The van der Waals surface area contributed by atoms with Crippen LogP contribution in [0.4, 0.5) is 0 Å². The van der Waals surface area contributed by atoms with Crippen LogP contribution in [0, 0.1) is 0 Å². The van der Waals surface area contributed by atoms with Crippen LogP contribution in [0.2, 0.25) is 0 Å². The molecule has 0 unspecified atom stereocenters. The predicted octanol–water partition coefficient (Wildman–Crippen LogP) is 3.32. The van der Waals surface area contributed by atoms with E-state index in [-0.39, 0.29) is 23.3 Å². The molecular weight excluding hydrogens is 414 g/mol. The van der Waals surface area contributed by atoms with Gasteiger partial charge in [0, 0.05) is 38.1 Å². The van der Waals surface area contributed by atoms with Gasteiger partial charge in [0.15, 0.2) is 0 Å². The van der Waals surface area contributed by atoms with Gasteiger partial charge in [0.25, 0.3) is 5.91 Å². The molecule has 1 amide bonds. The van der Waals surface area contributed by atoms with E-state index in [1.165, 1.54) is 12.1 Å². The number of carbonyl (C=O) groups is 2. The van der Waals surface area contributed by atoms with Gasteiger partial charge in [-0.05, 0) is 43.2 Å². The van der Waals surface area contributed by atoms with Gasteiger partial charge < -0.3 is 23.9 Å². The fourth-order valence-corrected chi connectivity index (χ4v) is 2.93.